The minimum atomic E-state index is -4.01. The third-order valence-corrected chi connectivity index (χ3v) is 7.95. The normalized spacial score (nSPS) is 12.6. The van der Waals surface area contributed by atoms with Crippen LogP contribution in [0, 0.1) is 13.8 Å². The maximum atomic E-state index is 12.9. The maximum Gasteiger partial charge on any atom is 0.267 e. The number of nitrogens with one attached hydrogen (secondary N) is 2. The van der Waals surface area contributed by atoms with E-state index in [1.807, 2.05) is 32.0 Å². The minimum absolute atomic E-state index is 0.0350. The van der Waals surface area contributed by atoms with Gasteiger partial charge in [0.1, 0.15) is 26.3 Å². The number of aryl methyl sites for hydroxylation is 3. The molecule has 0 aliphatic carbocycles. The van der Waals surface area contributed by atoms with Crippen LogP contribution in [0.25, 0.3) is 11.3 Å². The van der Waals surface area contributed by atoms with Crippen molar-refractivity contribution >= 4 is 31.6 Å². The molecule has 1 aromatic carbocycles. The molecule has 0 saturated heterocycles. The summed E-state index contributed by atoms with van der Waals surface area (Å²) in [5.41, 5.74) is 3.19. The Morgan fingerprint density at radius 1 is 1.03 bits per heavy atom. The number of anilines is 2. The Hall–Kier alpha value is -4.04. The Balaban J connectivity index is 1.65. The van der Waals surface area contributed by atoms with Gasteiger partial charge >= 0.3 is 0 Å². The monoisotopic (exact) mass is 571 g/mol. The van der Waals surface area contributed by atoms with Gasteiger partial charge in [0.05, 0.1) is 23.8 Å². The highest BCUT2D eigenvalue weighted by atomic mass is 32.2. The topological polar surface area (TPSA) is 158 Å². The molecule has 3 aromatic heterocycles. The van der Waals surface area contributed by atoms with Gasteiger partial charge in [0.2, 0.25) is 11.8 Å². The van der Waals surface area contributed by atoms with Gasteiger partial charge in [-0.3, -0.25) is 4.68 Å². The van der Waals surface area contributed by atoms with Crippen LogP contribution in [-0.4, -0.2) is 59.6 Å². The molecule has 4 aromatic rings. The SMILES string of the molecule is Cc1cccc(C)c1-c1cc(Oc2ccc(NC(C)CS(C)(=O)=O)nc2)nc(NS(=O)(=O)c2cnn(C)c2)n1. The molecular weight excluding hydrogens is 542 g/mol. The zero-order chi connectivity index (χ0) is 28.4. The molecule has 0 fully saturated rings. The second kappa shape index (κ2) is 11.0. The molecule has 0 aliphatic heterocycles. The van der Waals surface area contributed by atoms with E-state index in [2.05, 4.69) is 30.1 Å². The second-order valence-electron chi connectivity index (χ2n) is 9.26. The first-order valence-corrected chi connectivity index (χ1v) is 15.4. The highest BCUT2D eigenvalue weighted by molar-refractivity contribution is 7.92. The maximum absolute atomic E-state index is 12.9. The smallest absolute Gasteiger partial charge is 0.267 e. The molecule has 39 heavy (non-hydrogen) atoms. The van der Waals surface area contributed by atoms with Gasteiger partial charge in [-0.1, -0.05) is 18.2 Å². The number of ether oxygens (including phenoxy) is 1. The molecule has 0 amide bonds. The predicted octanol–water partition coefficient (Wildman–Crippen LogP) is 3.33. The Labute approximate surface area is 227 Å². The number of nitrogens with zero attached hydrogens (tertiary/aromatic N) is 5. The van der Waals surface area contributed by atoms with E-state index in [1.165, 1.54) is 29.5 Å². The third kappa shape index (κ3) is 7.29. The van der Waals surface area contributed by atoms with Crippen molar-refractivity contribution in [2.24, 2.45) is 7.05 Å². The molecule has 1 unspecified atom stereocenters. The average Bonchev–Trinajstić information content (AvgIpc) is 3.26. The molecule has 206 valence electrons. The summed E-state index contributed by atoms with van der Waals surface area (Å²) in [6.45, 7) is 5.62. The number of aromatic nitrogens is 5. The Morgan fingerprint density at radius 3 is 2.33 bits per heavy atom. The van der Waals surface area contributed by atoms with Crippen LogP contribution in [0.2, 0.25) is 0 Å². The van der Waals surface area contributed by atoms with Crippen molar-refractivity contribution in [1.29, 1.82) is 0 Å². The summed E-state index contributed by atoms with van der Waals surface area (Å²) in [5, 5.41) is 6.95. The first-order chi connectivity index (χ1) is 18.3. The van der Waals surface area contributed by atoms with Crippen molar-refractivity contribution in [3.05, 3.63) is 66.1 Å². The van der Waals surface area contributed by atoms with Gasteiger partial charge in [0.25, 0.3) is 10.0 Å². The number of hydrogen-bond donors (Lipinski definition) is 2. The molecule has 2 N–H and O–H groups in total. The van der Waals surface area contributed by atoms with Crippen LogP contribution in [0.4, 0.5) is 11.8 Å². The molecular formula is C25H29N7O5S2. The molecule has 3 heterocycles. The molecule has 0 aliphatic rings. The van der Waals surface area contributed by atoms with Gasteiger partial charge in [0, 0.05) is 37.2 Å². The molecule has 0 radical (unpaired) electrons. The average molecular weight is 572 g/mol. The zero-order valence-corrected chi connectivity index (χ0v) is 23.7. The van der Waals surface area contributed by atoms with E-state index in [0.29, 0.717) is 17.3 Å². The Morgan fingerprint density at radius 2 is 1.74 bits per heavy atom. The molecule has 12 nitrogen and oxygen atoms in total. The van der Waals surface area contributed by atoms with Gasteiger partial charge in [0.15, 0.2) is 0 Å². The molecule has 1 atom stereocenters. The lowest BCUT2D eigenvalue weighted by Gasteiger charge is -2.15. The van der Waals surface area contributed by atoms with Crippen molar-refractivity contribution in [2.45, 2.75) is 31.7 Å². The number of rotatable bonds is 10. The van der Waals surface area contributed by atoms with E-state index in [4.69, 9.17) is 4.74 Å². The number of pyridine rings is 1. The Kier molecular flexibility index (Phi) is 7.88. The summed E-state index contributed by atoms with van der Waals surface area (Å²) in [6.07, 6.45) is 5.23. The van der Waals surface area contributed by atoms with Gasteiger partial charge in [-0.05, 0) is 44.0 Å². The summed E-state index contributed by atoms with van der Waals surface area (Å²) >= 11 is 0. The number of sulfone groups is 1. The van der Waals surface area contributed by atoms with Gasteiger partial charge in [-0.25, -0.2) is 31.5 Å². The largest absolute Gasteiger partial charge is 0.437 e. The summed E-state index contributed by atoms with van der Waals surface area (Å²) in [5.74, 6) is 0.701. The highest BCUT2D eigenvalue weighted by Crippen LogP contribution is 2.31. The van der Waals surface area contributed by atoms with Crippen LogP contribution in [0.1, 0.15) is 18.1 Å². The van der Waals surface area contributed by atoms with Crippen LogP contribution in [-0.2, 0) is 26.9 Å². The van der Waals surface area contributed by atoms with Crippen LogP contribution in [0.15, 0.2) is 59.9 Å². The number of sulfonamides is 1. The Bertz CT molecular complexity index is 1680. The van der Waals surface area contributed by atoms with Gasteiger partial charge < -0.3 is 10.1 Å². The first kappa shape index (κ1) is 28.0. The highest BCUT2D eigenvalue weighted by Gasteiger charge is 2.20. The zero-order valence-electron chi connectivity index (χ0n) is 22.1. The summed E-state index contributed by atoms with van der Waals surface area (Å²) in [4.78, 5) is 13.0. The van der Waals surface area contributed by atoms with Crippen LogP contribution in [0.3, 0.4) is 0 Å². The third-order valence-electron chi connectivity index (χ3n) is 5.56. The number of hydrogen-bond acceptors (Lipinski definition) is 10. The molecule has 14 heteroatoms. The standard InChI is InChI=1S/C25H29N7O5S2/c1-16-7-6-8-17(2)24(16)21-11-23(30-25(29-21)31-39(35,36)20-13-27-32(4)14-20)37-19-9-10-22(26-12-19)28-18(3)15-38(5,33)34/h6-14,18H,15H2,1-5H3,(H,26,28)(H,29,30,31). The molecule has 0 bridgehead atoms. The van der Waals surface area contributed by atoms with Crippen molar-refractivity contribution in [2.75, 3.05) is 22.0 Å². The van der Waals surface area contributed by atoms with Crippen molar-refractivity contribution < 1.29 is 21.6 Å². The van der Waals surface area contributed by atoms with Gasteiger partial charge in [-0.15, -0.1) is 0 Å². The fraction of sp³-hybridized carbons (Fsp3) is 0.280. The number of benzene rings is 1. The molecule has 0 saturated carbocycles. The second-order valence-corrected chi connectivity index (χ2v) is 13.1. The first-order valence-electron chi connectivity index (χ1n) is 11.8. The summed E-state index contributed by atoms with van der Waals surface area (Å²) in [6, 6.07) is 10.4. The lowest BCUT2D eigenvalue weighted by molar-refractivity contribution is 0.461. The van der Waals surface area contributed by atoms with E-state index in [0.717, 1.165) is 16.7 Å². The van der Waals surface area contributed by atoms with Crippen molar-refractivity contribution in [3.63, 3.8) is 0 Å². The predicted molar refractivity (Wildman–Crippen MR) is 148 cm³/mol. The molecule has 4 rings (SSSR count). The summed E-state index contributed by atoms with van der Waals surface area (Å²) in [7, 11) is -5.54. The van der Waals surface area contributed by atoms with E-state index in [9.17, 15) is 16.8 Å². The van der Waals surface area contributed by atoms with Gasteiger partial charge in [-0.2, -0.15) is 10.1 Å². The van der Waals surface area contributed by atoms with Crippen molar-refractivity contribution in [1.82, 2.24) is 24.7 Å². The van der Waals surface area contributed by atoms with E-state index in [1.54, 1.807) is 32.2 Å². The van der Waals surface area contributed by atoms with Crippen LogP contribution in [0.5, 0.6) is 11.6 Å². The fourth-order valence-corrected chi connectivity index (χ4v) is 5.90. The van der Waals surface area contributed by atoms with Crippen molar-refractivity contribution in [3.8, 4) is 22.9 Å². The van der Waals surface area contributed by atoms with E-state index >= 15 is 0 Å². The fourth-order valence-electron chi connectivity index (χ4n) is 3.98. The lowest BCUT2D eigenvalue weighted by atomic mass is 10.00. The quantitative estimate of drug-likeness (QED) is 0.289. The van der Waals surface area contributed by atoms with Crippen LogP contribution >= 0.6 is 0 Å². The minimum Gasteiger partial charge on any atom is -0.437 e. The van der Waals surface area contributed by atoms with Crippen LogP contribution < -0.4 is 14.8 Å². The molecule has 0 spiro atoms. The van der Waals surface area contributed by atoms with E-state index in [-0.39, 0.29) is 28.5 Å². The summed E-state index contributed by atoms with van der Waals surface area (Å²) < 4.78 is 58.6. The van der Waals surface area contributed by atoms with E-state index < -0.39 is 19.9 Å². The lowest BCUT2D eigenvalue weighted by Crippen LogP contribution is -2.25.